The maximum atomic E-state index is 10.1. The summed E-state index contributed by atoms with van der Waals surface area (Å²) in [6.07, 6.45) is 4.54. The van der Waals surface area contributed by atoms with Gasteiger partial charge in [0.05, 0.1) is 18.8 Å². The maximum absolute atomic E-state index is 10.1. The largest absolute Gasteiger partial charge is 0.393 e. The fourth-order valence-electron chi connectivity index (χ4n) is 2.62. The zero-order valence-corrected chi connectivity index (χ0v) is 13.6. The Balaban J connectivity index is 1.89. The number of benzene rings is 2. The number of aliphatic hydroxyl groups excluding tert-OH is 1. The average molecular weight is 310 g/mol. The van der Waals surface area contributed by atoms with Crippen molar-refractivity contribution in [1.29, 1.82) is 0 Å². The van der Waals surface area contributed by atoms with Crippen LogP contribution in [0.5, 0.6) is 0 Å². The summed E-state index contributed by atoms with van der Waals surface area (Å²) in [5.41, 5.74) is 2.47. The summed E-state index contributed by atoms with van der Waals surface area (Å²) >= 11 is 0. The van der Waals surface area contributed by atoms with Crippen LogP contribution in [0.2, 0.25) is 0 Å². The lowest BCUT2D eigenvalue weighted by Crippen LogP contribution is -2.21. The normalized spacial score (nSPS) is 13.4. The summed E-state index contributed by atoms with van der Waals surface area (Å²) in [6, 6.07) is 20.6. The van der Waals surface area contributed by atoms with Gasteiger partial charge in [0.2, 0.25) is 0 Å². The van der Waals surface area contributed by atoms with Crippen LogP contribution in [0, 0.1) is 0 Å². The van der Waals surface area contributed by atoms with Gasteiger partial charge in [-0.25, -0.2) is 0 Å². The Morgan fingerprint density at radius 3 is 2.17 bits per heavy atom. The van der Waals surface area contributed by atoms with Crippen molar-refractivity contribution in [2.24, 2.45) is 0 Å². The van der Waals surface area contributed by atoms with E-state index in [4.69, 9.17) is 4.74 Å². The summed E-state index contributed by atoms with van der Waals surface area (Å²) in [4.78, 5) is 0. The molecule has 2 heteroatoms. The monoisotopic (exact) mass is 310 g/mol. The van der Waals surface area contributed by atoms with E-state index >= 15 is 0 Å². The smallest absolute Gasteiger partial charge is 0.0720 e. The summed E-state index contributed by atoms with van der Waals surface area (Å²) in [6.45, 7) is 4.28. The van der Waals surface area contributed by atoms with Crippen LogP contribution in [0.1, 0.15) is 30.4 Å². The predicted octanol–water partition coefficient (Wildman–Crippen LogP) is 4.53. The summed E-state index contributed by atoms with van der Waals surface area (Å²) in [5.74, 6) is 0. The van der Waals surface area contributed by atoms with E-state index in [2.05, 4.69) is 43.0 Å². The number of aliphatic hydroxyl groups is 1. The second-order valence-electron chi connectivity index (χ2n) is 5.86. The molecule has 1 N–H and O–H groups in total. The lowest BCUT2D eigenvalue weighted by atomic mass is 10.0. The third kappa shape index (κ3) is 6.81. The first-order chi connectivity index (χ1) is 11.3. The number of rotatable bonds is 10. The van der Waals surface area contributed by atoms with Crippen LogP contribution in [-0.2, 0) is 17.8 Å². The molecule has 2 rings (SSSR count). The van der Waals surface area contributed by atoms with Crippen LogP contribution < -0.4 is 0 Å². The van der Waals surface area contributed by atoms with Crippen molar-refractivity contribution < 1.29 is 9.84 Å². The molecule has 0 unspecified atom stereocenters. The molecule has 0 bridgehead atoms. The van der Waals surface area contributed by atoms with Crippen molar-refractivity contribution in [1.82, 2.24) is 0 Å². The Morgan fingerprint density at radius 1 is 0.957 bits per heavy atom. The van der Waals surface area contributed by atoms with Gasteiger partial charge in [-0.3, -0.25) is 0 Å². The van der Waals surface area contributed by atoms with E-state index in [-0.39, 0.29) is 12.2 Å². The van der Waals surface area contributed by atoms with Crippen molar-refractivity contribution in [2.75, 3.05) is 0 Å². The standard InChI is InChI=1S/C21H26O2/c1-2-9-20(22)16-21(15-14-18-10-5-3-6-11-18)23-17-19-12-7-4-8-13-19/h2-8,10-13,20-22H,1,9,14-17H2/t20-,21-/m1/s1. The van der Waals surface area contributed by atoms with Gasteiger partial charge < -0.3 is 9.84 Å². The van der Waals surface area contributed by atoms with Crippen LogP contribution in [-0.4, -0.2) is 17.3 Å². The SMILES string of the molecule is C=CC[C@@H](O)C[C@@H](CCc1ccccc1)OCc1ccccc1. The van der Waals surface area contributed by atoms with Gasteiger partial charge in [0, 0.05) is 0 Å². The van der Waals surface area contributed by atoms with E-state index in [0.29, 0.717) is 19.4 Å². The number of aryl methyl sites for hydroxylation is 1. The molecule has 2 atom stereocenters. The van der Waals surface area contributed by atoms with Crippen molar-refractivity contribution in [3.05, 3.63) is 84.4 Å². The molecule has 0 aromatic heterocycles. The lowest BCUT2D eigenvalue weighted by molar-refractivity contribution is 0.000320. The third-order valence-electron chi connectivity index (χ3n) is 3.90. The van der Waals surface area contributed by atoms with Gasteiger partial charge >= 0.3 is 0 Å². The fourth-order valence-corrected chi connectivity index (χ4v) is 2.62. The molecule has 0 saturated heterocycles. The number of ether oxygens (including phenoxy) is 1. The highest BCUT2D eigenvalue weighted by Crippen LogP contribution is 2.16. The Labute approximate surface area is 139 Å². The quantitative estimate of drug-likeness (QED) is 0.653. The van der Waals surface area contributed by atoms with Crippen LogP contribution in [0.3, 0.4) is 0 Å². The molecule has 2 nitrogen and oxygen atoms in total. The van der Waals surface area contributed by atoms with Crippen LogP contribution >= 0.6 is 0 Å². The molecule has 0 fully saturated rings. The second-order valence-corrected chi connectivity index (χ2v) is 5.86. The molecular formula is C21H26O2. The Morgan fingerprint density at radius 2 is 1.57 bits per heavy atom. The van der Waals surface area contributed by atoms with E-state index in [1.807, 2.05) is 24.3 Å². The second kappa shape index (κ2) is 9.98. The first-order valence-corrected chi connectivity index (χ1v) is 8.26. The first-order valence-electron chi connectivity index (χ1n) is 8.26. The van der Waals surface area contributed by atoms with E-state index in [1.54, 1.807) is 6.08 Å². The van der Waals surface area contributed by atoms with E-state index < -0.39 is 0 Å². The average Bonchev–Trinajstić information content (AvgIpc) is 2.59. The predicted molar refractivity (Wildman–Crippen MR) is 95.2 cm³/mol. The van der Waals surface area contributed by atoms with Crippen LogP contribution in [0.15, 0.2) is 73.3 Å². The molecule has 0 aliphatic rings. The van der Waals surface area contributed by atoms with Gasteiger partial charge in [-0.2, -0.15) is 0 Å². The Kier molecular flexibility index (Phi) is 7.58. The molecular weight excluding hydrogens is 284 g/mol. The molecule has 0 heterocycles. The molecule has 0 radical (unpaired) electrons. The zero-order valence-electron chi connectivity index (χ0n) is 13.6. The van der Waals surface area contributed by atoms with E-state index in [9.17, 15) is 5.11 Å². The van der Waals surface area contributed by atoms with E-state index in [0.717, 1.165) is 18.4 Å². The molecule has 0 spiro atoms. The van der Waals surface area contributed by atoms with Crippen molar-refractivity contribution >= 4 is 0 Å². The molecule has 2 aromatic carbocycles. The Bertz CT molecular complexity index is 507. The van der Waals surface area contributed by atoms with Gasteiger partial charge in [-0.15, -0.1) is 6.58 Å². The van der Waals surface area contributed by atoms with Gasteiger partial charge in [-0.05, 0) is 36.8 Å². The highest BCUT2D eigenvalue weighted by atomic mass is 16.5. The van der Waals surface area contributed by atoms with Crippen LogP contribution in [0.25, 0.3) is 0 Å². The number of hydrogen-bond donors (Lipinski definition) is 1. The van der Waals surface area contributed by atoms with Crippen molar-refractivity contribution in [3.63, 3.8) is 0 Å². The first kappa shape index (κ1) is 17.5. The molecule has 0 aliphatic carbocycles. The minimum absolute atomic E-state index is 0.0466. The summed E-state index contributed by atoms with van der Waals surface area (Å²) in [5, 5.41) is 10.1. The Hall–Kier alpha value is -1.90. The summed E-state index contributed by atoms with van der Waals surface area (Å²) < 4.78 is 6.07. The molecule has 0 amide bonds. The highest BCUT2D eigenvalue weighted by molar-refractivity contribution is 5.15. The van der Waals surface area contributed by atoms with Gasteiger partial charge in [0.1, 0.15) is 0 Å². The molecule has 2 aromatic rings. The maximum Gasteiger partial charge on any atom is 0.0720 e. The van der Waals surface area contributed by atoms with Gasteiger partial charge in [0.25, 0.3) is 0 Å². The topological polar surface area (TPSA) is 29.5 Å². The molecule has 0 aliphatic heterocycles. The fraction of sp³-hybridized carbons (Fsp3) is 0.333. The summed E-state index contributed by atoms with van der Waals surface area (Å²) in [7, 11) is 0. The van der Waals surface area contributed by atoms with Gasteiger partial charge in [0.15, 0.2) is 0 Å². The zero-order chi connectivity index (χ0) is 16.3. The van der Waals surface area contributed by atoms with E-state index in [1.165, 1.54) is 5.56 Å². The molecule has 122 valence electrons. The molecule has 0 saturated carbocycles. The third-order valence-corrected chi connectivity index (χ3v) is 3.90. The highest BCUT2D eigenvalue weighted by Gasteiger charge is 2.15. The van der Waals surface area contributed by atoms with Gasteiger partial charge in [-0.1, -0.05) is 66.7 Å². The van der Waals surface area contributed by atoms with Crippen molar-refractivity contribution in [2.45, 2.75) is 44.5 Å². The van der Waals surface area contributed by atoms with Crippen molar-refractivity contribution in [3.8, 4) is 0 Å². The van der Waals surface area contributed by atoms with Crippen LogP contribution in [0.4, 0.5) is 0 Å². The minimum Gasteiger partial charge on any atom is -0.393 e. The minimum atomic E-state index is -0.385. The number of hydrogen-bond acceptors (Lipinski definition) is 2. The lowest BCUT2D eigenvalue weighted by Gasteiger charge is -2.21. The molecule has 23 heavy (non-hydrogen) atoms.